The molecule has 2 heterocycles. The summed E-state index contributed by atoms with van der Waals surface area (Å²) in [7, 11) is -4.10. The molecule has 2 aromatic heterocycles. The third-order valence-corrected chi connectivity index (χ3v) is 7.59. The Bertz CT molecular complexity index is 1460. The maximum atomic E-state index is 13.0. The highest BCUT2D eigenvalue weighted by Gasteiger charge is 2.25. The molecule has 0 amide bonds. The summed E-state index contributed by atoms with van der Waals surface area (Å²) < 4.78 is 47.4. The predicted octanol–water partition coefficient (Wildman–Crippen LogP) is 2.52. The van der Waals surface area contributed by atoms with Gasteiger partial charge in [0.25, 0.3) is 15.6 Å². The molecule has 0 saturated heterocycles. The molecule has 0 saturated carbocycles. The number of fused-ring (bicyclic) bond motifs is 1. The number of nitrogens with one attached hydrogen (secondary N) is 3. The number of H-pyrrole nitrogens is 2. The Morgan fingerprint density at radius 3 is 2.65 bits per heavy atom. The molecule has 0 radical (unpaired) electrons. The van der Waals surface area contributed by atoms with Crippen molar-refractivity contribution in [3.05, 3.63) is 84.7 Å². The zero-order valence-corrected chi connectivity index (χ0v) is 19.3. The minimum atomic E-state index is -4.10. The van der Waals surface area contributed by atoms with E-state index in [9.17, 15) is 22.6 Å². The number of halogens is 1. The SMILES string of the molecule is O=c1[nH]cc(C[S+]([O-])c2ccc(I)cc2NS(=O)(=O)c2cc3ccccc3o2)c(=O)[nH]1. The van der Waals surface area contributed by atoms with Crippen LogP contribution in [0.2, 0.25) is 0 Å². The molecular weight excluding hydrogens is 557 g/mol. The molecular formula is C19H14IN3O6S2. The molecule has 1 unspecified atom stereocenters. The summed E-state index contributed by atoms with van der Waals surface area (Å²) in [5, 5.41) is 0.355. The van der Waals surface area contributed by atoms with E-state index in [0.717, 1.165) is 0 Å². The Kier molecular flexibility index (Phi) is 5.96. The first kappa shape index (κ1) is 21.7. The maximum Gasteiger partial charge on any atom is 0.325 e. The van der Waals surface area contributed by atoms with Crippen LogP contribution in [0.1, 0.15) is 5.56 Å². The highest BCUT2D eigenvalue weighted by molar-refractivity contribution is 14.1. The number of hydrogen-bond donors (Lipinski definition) is 3. The molecule has 4 rings (SSSR count). The highest BCUT2D eigenvalue weighted by Crippen LogP contribution is 2.30. The number of aromatic nitrogens is 2. The van der Waals surface area contributed by atoms with E-state index in [1.807, 2.05) is 22.6 Å². The molecule has 9 nitrogen and oxygen atoms in total. The fourth-order valence-electron chi connectivity index (χ4n) is 2.83. The smallest absolute Gasteiger partial charge is 0.325 e. The normalized spacial score (nSPS) is 12.7. The highest BCUT2D eigenvalue weighted by atomic mass is 127. The van der Waals surface area contributed by atoms with E-state index < -0.39 is 32.4 Å². The number of benzene rings is 2. The van der Waals surface area contributed by atoms with Crippen LogP contribution in [-0.2, 0) is 27.0 Å². The van der Waals surface area contributed by atoms with Gasteiger partial charge in [-0.05, 0) is 58.0 Å². The van der Waals surface area contributed by atoms with Gasteiger partial charge in [0.05, 0.1) is 5.56 Å². The summed E-state index contributed by atoms with van der Waals surface area (Å²) in [6, 6.07) is 13.0. The Balaban J connectivity index is 1.67. The van der Waals surface area contributed by atoms with Crippen molar-refractivity contribution in [2.45, 2.75) is 15.7 Å². The summed E-state index contributed by atoms with van der Waals surface area (Å²) in [5.41, 5.74) is -0.708. The van der Waals surface area contributed by atoms with Crippen molar-refractivity contribution in [1.82, 2.24) is 9.97 Å². The molecule has 160 valence electrons. The number of aromatic amines is 2. The third kappa shape index (κ3) is 4.71. The van der Waals surface area contributed by atoms with Crippen LogP contribution >= 0.6 is 22.6 Å². The van der Waals surface area contributed by atoms with Crippen LogP contribution in [0.3, 0.4) is 0 Å². The van der Waals surface area contributed by atoms with Crippen molar-refractivity contribution in [2.24, 2.45) is 0 Å². The molecule has 0 aliphatic heterocycles. The lowest BCUT2D eigenvalue weighted by Gasteiger charge is -2.15. The van der Waals surface area contributed by atoms with Gasteiger partial charge in [0.15, 0.2) is 4.90 Å². The minimum Gasteiger partial charge on any atom is -0.611 e. The summed E-state index contributed by atoms with van der Waals surface area (Å²) >= 11 is 0.224. The number of furan rings is 1. The van der Waals surface area contributed by atoms with Gasteiger partial charge in [0.2, 0.25) is 5.09 Å². The minimum absolute atomic E-state index is 0.0996. The van der Waals surface area contributed by atoms with E-state index in [-0.39, 0.29) is 27.0 Å². The van der Waals surface area contributed by atoms with Crippen molar-refractivity contribution in [3.63, 3.8) is 0 Å². The Morgan fingerprint density at radius 1 is 1.13 bits per heavy atom. The zero-order valence-electron chi connectivity index (χ0n) is 15.5. The van der Waals surface area contributed by atoms with Gasteiger partial charge in [-0.2, -0.15) is 8.42 Å². The van der Waals surface area contributed by atoms with Gasteiger partial charge in [-0.25, -0.2) is 4.79 Å². The van der Waals surface area contributed by atoms with Crippen LogP contribution in [0.25, 0.3) is 11.0 Å². The summed E-state index contributed by atoms with van der Waals surface area (Å²) in [6.07, 6.45) is 1.18. The lowest BCUT2D eigenvalue weighted by atomic mass is 10.3. The van der Waals surface area contributed by atoms with Crippen molar-refractivity contribution in [2.75, 3.05) is 4.72 Å². The molecule has 0 aliphatic rings. The van der Waals surface area contributed by atoms with Crippen LogP contribution in [-0.4, -0.2) is 22.9 Å². The van der Waals surface area contributed by atoms with E-state index in [4.69, 9.17) is 4.42 Å². The largest absolute Gasteiger partial charge is 0.611 e. The fourth-order valence-corrected chi connectivity index (χ4v) is 5.65. The Hall–Kier alpha value is -2.55. The lowest BCUT2D eigenvalue weighted by molar-refractivity contribution is 0.484. The van der Waals surface area contributed by atoms with Crippen LogP contribution in [0, 0.1) is 3.57 Å². The first-order valence-corrected chi connectivity index (χ1v) is 12.6. The molecule has 0 bridgehead atoms. The average molecular weight is 571 g/mol. The van der Waals surface area contributed by atoms with Gasteiger partial charge in [-0.3, -0.25) is 14.5 Å². The van der Waals surface area contributed by atoms with E-state index >= 15 is 0 Å². The van der Waals surface area contributed by atoms with E-state index in [1.165, 1.54) is 24.4 Å². The van der Waals surface area contributed by atoms with E-state index in [0.29, 0.717) is 14.5 Å². The van der Waals surface area contributed by atoms with Crippen LogP contribution < -0.4 is 16.0 Å². The second-order valence-electron chi connectivity index (χ2n) is 6.44. The predicted molar refractivity (Wildman–Crippen MR) is 124 cm³/mol. The Morgan fingerprint density at radius 2 is 1.90 bits per heavy atom. The molecule has 3 N–H and O–H groups in total. The number of rotatable bonds is 6. The molecule has 4 aromatic rings. The van der Waals surface area contributed by atoms with Gasteiger partial charge in [-0.1, -0.05) is 18.2 Å². The van der Waals surface area contributed by atoms with E-state index in [1.54, 1.807) is 30.3 Å². The monoisotopic (exact) mass is 571 g/mol. The maximum absolute atomic E-state index is 13.0. The van der Waals surface area contributed by atoms with Gasteiger partial charge in [-0.15, -0.1) is 0 Å². The molecule has 2 aromatic carbocycles. The lowest BCUT2D eigenvalue weighted by Crippen LogP contribution is -2.26. The van der Waals surface area contributed by atoms with Crippen molar-refractivity contribution in [3.8, 4) is 0 Å². The van der Waals surface area contributed by atoms with Gasteiger partial charge in [0.1, 0.15) is 17.0 Å². The molecule has 0 fully saturated rings. The third-order valence-electron chi connectivity index (χ3n) is 4.28. The van der Waals surface area contributed by atoms with Crippen molar-refractivity contribution < 1.29 is 17.4 Å². The van der Waals surface area contributed by atoms with Crippen molar-refractivity contribution in [1.29, 1.82) is 0 Å². The second-order valence-corrected chi connectivity index (χ2v) is 10.7. The Labute approximate surface area is 192 Å². The van der Waals surface area contributed by atoms with E-state index in [2.05, 4.69) is 14.7 Å². The standard InChI is InChI=1S/C19H14IN3O6S2/c20-13-5-6-16(30(26)10-12-9-21-19(25)22-18(12)24)14(8-13)23-31(27,28)17-7-11-3-1-2-4-15(11)29-17/h1-9,23H,10H2,(H2,21,22,24,25). The zero-order chi connectivity index (χ0) is 22.2. The van der Waals surface area contributed by atoms with Crippen molar-refractivity contribution >= 4 is 60.4 Å². The first-order valence-electron chi connectivity index (χ1n) is 8.73. The summed E-state index contributed by atoms with van der Waals surface area (Å²) in [4.78, 5) is 27.7. The second kappa shape index (κ2) is 8.53. The number of hydrogen-bond acceptors (Lipinski definition) is 6. The number of sulfonamides is 1. The quantitative estimate of drug-likeness (QED) is 0.239. The molecule has 0 aliphatic carbocycles. The first-order chi connectivity index (χ1) is 14.7. The topological polar surface area (TPSA) is 148 Å². The summed E-state index contributed by atoms with van der Waals surface area (Å²) in [5.74, 6) is -0.216. The van der Waals surface area contributed by atoms with Crippen LogP contribution in [0.15, 0.2) is 78.7 Å². The fraction of sp³-hybridized carbons (Fsp3) is 0.0526. The molecule has 1 atom stereocenters. The van der Waals surface area contributed by atoms with Gasteiger partial charge >= 0.3 is 5.69 Å². The van der Waals surface area contributed by atoms with Crippen LogP contribution in [0.4, 0.5) is 5.69 Å². The molecule has 31 heavy (non-hydrogen) atoms. The summed E-state index contributed by atoms with van der Waals surface area (Å²) in [6.45, 7) is 0. The number of anilines is 1. The number of para-hydroxylation sites is 1. The molecule has 0 spiro atoms. The average Bonchev–Trinajstić information content (AvgIpc) is 3.15. The molecule has 12 heteroatoms. The van der Waals surface area contributed by atoms with Gasteiger partial charge < -0.3 is 14.0 Å². The van der Waals surface area contributed by atoms with Crippen LogP contribution in [0.5, 0.6) is 0 Å². The van der Waals surface area contributed by atoms with Gasteiger partial charge in [0, 0.05) is 21.2 Å².